The maximum Gasteiger partial charge on any atom is 0.107 e. The van der Waals surface area contributed by atoms with Gasteiger partial charge in [-0.2, -0.15) is 0 Å². The van der Waals surface area contributed by atoms with E-state index in [-0.39, 0.29) is 0 Å². The lowest BCUT2D eigenvalue weighted by molar-refractivity contribution is 1.64. The van der Waals surface area contributed by atoms with Crippen LogP contribution in [0.2, 0.25) is 0 Å². The van der Waals surface area contributed by atoms with E-state index in [2.05, 4.69) is 115 Å². The van der Waals surface area contributed by atoms with Crippen molar-refractivity contribution in [3.8, 4) is 0 Å². The smallest absolute Gasteiger partial charge is 0.107 e. The lowest BCUT2D eigenvalue weighted by Crippen LogP contribution is -2.31. The molecule has 130 valence electrons. The number of rotatable bonds is 5. The molecule has 0 aromatic heterocycles. The van der Waals surface area contributed by atoms with Crippen LogP contribution in [0.1, 0.15) is 5.56 Å². The van der Waals surface area contributed by atoms with Crippen molar-refractivity contribution >= 4 is 28.5 Å². The standard InChI is InChI=1S/C26H21P/c1-22(23-14-6-2-7-15-23)27(24-16-8-3-9-17-24,25-18-10-4-11-19-25)26-20-12-5-13-21-26/h1-21H. The van der Waals surface area contributed by atoms with E-state index in [0.29, 0.717) is 0 Å². The van der Waals surface area contributed by atoms with Crippen LogP contribution >= 0.6 is 7.26 Å². The maximum absolute atomic E-state index is 7.04. The van der Waals surface area contributed by atoms with Gasteiger partial charge in [0.1, 0.15) is 23.2 Å². The van der Waals surface area contributed by atoms with Gasteiger partial charge in [-0.1, -0.05) is 78.1 Å². The van der Waals surface area contributed by atoms with Crippen LogP contribution < -0.4 is 15.9 Å². The van der Waals surface area contributed by atoms with Gasteiger partial charge in [-0.15, -0.1) is 17.7 Å². The minimum Gasteiger partial charge on any atom is -0.246 e. The lowest BCUT2D eigenvalue weighted by atomic mass is 10.2. The molecule has 0 nitrogen and oxygen atoms in total. The van der Waals surface area contributed by atoms with Crippen LogP contribution in [0, 0.1) is 6.58 Å². The van der Waals surface area contributed by atoms with E-state index in [1.807, 2.05) is 6.07 Å². The SMILES string of the molecule is [CH-]=C(c1ccccc1)[P+](c1ccccc1)(c1ccccc1)c1ccccc1. The molecule has 0 radical (unpaired) electrons. The van der Waals surface area contributed by atoms with Gasteiger partial charge >= 0.3 is 0 Å². The second kappa shape index (κ2) is 7.74. The van der Waals surface area contributed by atoms with Crippen molar-refractivity contribution in [2.45, 2.75) is 0 Å². The molecule has 0 N–H and O–H groups in total. The van der Waals surface area contributed by atoms with Crippen molar-refractivity contribution in [3.63, 3.8) is 0 Å². The fourth-order valence-corrected chi connectivity index (χ4v) is 7.75. The molecule has 0 atom stereocenters. The van der Waals surface area contributed by atoms with Crippen LogP contribution in [0.5, 0.6) is 0 Å². The molecular formula is C26H21P. The third-order valence-corrected chi connectivity index (χ3v) is 9.06. The first-order valence-corrected chi connectivity index (χ1v) is 10.9. The van der Waals surface area contributed by atoms with Crippen molar-refractivity contribution in [2.75, 3.05) is 0 Å². The Bertz CT molecular complexity index is 910. The molecule has 0 unspecified atom stereocenters. The Hall–Kier alpha value is -2.95. The molecule has 0 saturated heterocycles. The Balaban J connectivity index is 2.08. The van der Waals surface area contributed by atoms with Crippen molar-refractivity contribution in [1.29, 1.82) is 0 Å². The first-order chi connectivity index (χ1) is 13.3. The lowest BCUT2D eigenvalue weighted by Gasteiger charge is -2.34. The molecule has 0 bridgehead atoms. The number of hydrogen-bond acceptors (Lipinski definition) is 0. The summed E-state index contributed by atoms with van der Waals surface area (Å²) in [5, 5.41) is 4.74. The summed E-state index contributed by atoms with van der Waals surface area (Å²) in [6, 6.07) is 42.4. The zero-order chi connectivity index (χ0) is 18.5. The minimum atomic E-state index is -2.17. The van der Waals surface area contributed by atoms with Gasteiger partial charge < -0.3 is 0 Å². The summed E-state index contributed by atoms with van der Waals surface area (Å²) in [5.41, 5.74) is 1.09. The molecule has 4 rings (SSSR count). The Morgan fingerprint density at radius 1 is 0.444 bits per heavy atom. The fourth-order valence-electron chi connectivity index (χ4n) is 3.62. The van der Waals surface area contributed by atoms with E-state index in [4.69, 9.17) is 6.58 Å². The first-order valence-electron chi connectivity index (χ1n) is 9.08. The normalized spacial score (nSPS) is 11.1. The quantitative estimate of drug-likeness (QED) is 0.326. The van der Waals surface area contributed by atoms with Crippen molar-refractivity contribution < 1.29 is 0 Å². The van der Waals surface area contributed by atoms with Crippen LogP contribution in [-0.4, -0.2) is 0 Å². The van der Waals surface area contributed by atoms with Gasteiger partial charge in [0.2, 0.25) is 0 Å². The molecule has 0 fully saturated rings. The summed E-state index contributed by atoms with van der Waals surface area (Å²) < 4.78 is 0. The Labute approximate surface area is 162 Å². The van der Waals surface area contributed by atoms with E-state index in [1.165, 1.54) is 15.9 Å². The van der Waals surface area contributed by atoms with Crippen LogP contribution in [-0.2, 0) is 0 Å². The first kappa shape index (κ1) is 17.5. The fraction of sp³-hybridized carbons (Fsp3) is 0. The van der Waals surface area contributed by atoms with E-state index in [1.54, 1.807) is 0 Å². The number of hydrogen-bond donors (Lipinski definition) is 0. The molecule has 0 heterocycles. The van der Waals surface area contributed by atoms with Crippen LogP contribution in [0.15, 0.2) is 121 Å². The Kier molecular flexibility index (Phi) is 5.01. The maximum atomic E-state index is 7.04. The largest absolute Gasteiger partial charge is 0.246 e. The highest BCUT2D eigenvalue weighted by Gasteiger charge is 2.44. The topological polar surface area (TPSA) is 0 Å². The van der Waals surface area contributed by atoms with E-state index >= 15 is 0 Å². The molecule has 0 aliphatic carbocycles. The highest BCUT2D eigenvalue weighted by atomic mass is 31.2. The molecule has 0 aliphatic rings. The van der Waals surface area contributed by atoms with Gasteiger partial charge in [0.05, 0.1) is 0 Å². The summed E-state index contributed by atoms with van der Waals surface area (Å²) in [4.78, 5) is 0. The van der Waals surface area contributed by atoms with E-state index < -0.39 is 7.26 Å². The Morgan fingerprint density at radius 2 is 0.741 bits per heavy atom. The third kappa shape index (κ3) is 3.14. The van der Waals surface area contributed by atoms with Gasteiger partial charge in [-0.05, 0) is 36.4 Å². The second-order valence-electron chi connectivity index (χ2n) is 6.43. The van der Waals surface area contributed by atoms with Crippen LogP contribution in [0.3, 0.4) is 0 Å². The Morgan fingerprint density at radius 3 is 1.07 bits per heavy atom. The summed E-state index contributed by atoms with van der Waals surface area (Å²) >= 11 is 0. The summed E-state index contributed by atoms with van der Waals surface area (Å²) in [5.74, 6) is 0. The molecule has 0 aliphatic heterocycles. The molecule has 1 heteroatoms. The van der Waals surface area contributed by atoms with Crippen molar-refractivity contribution in [1.82, 2.24) is 0 Å². The van der Waals surface area contributed by atoms with Gasteiger partial charge in [-0.3, -0.25) is 0 Å². The molecule has 27 heavy (non-hydrogen) atoms. The van der Waals surface area contributed by atoms with E-state index in [9.17, 15) is 0 Å². The summed E-state index contributed by atoms with van der Waals surface area (Å²) in [6.07, 6.45) is 0. The third-order valence-electron chi connectivity index (χ3n) is 4.86. The average molecular weight is 364 g/mol. The van der Waals surface area contributed by atoms with Crippen molar-refractivity contribution in [2.24, 2.45) is 0 Å². The zero-order valence-electron chi connectivity index (χ0n) is 15.1. The van der Waals surface area contributed by atoms with Crippen LogP contribution in [0.4, 0.5) is 0 Å². The predicted molar refractivity (Wildman–Crippen MR) is 119 cm³/mol. The van der Waals surface area contributed by atoms with Gasteiger partial charge in [0, 0.05) is 0 Å². The number of benzene rings is 4. The monoisotopic (exact) mass is 364 g/mol. The summed E-state index contributed by atoms with van der Waals surface area (Å²) in [7, 11) is -2.17. The highest BCUT2D eigenvalue weighted by molar-refractivity contribution is 8.03. The molecule has 4 aromatic rings. The molecule has 0 amide bonds. The van der Waals surface area contributed by atoms with Gasteiger partial charge in [0.25, 0.3) is 0 Å². The molecule has 0 spiro atoms. The minimum absolute atomic E-state index is 0.937. The highest BCUT2D eigenvalue weighted by Crippen LogP contribution is 2.65. The van der Waals surface area contributed by atoms with Crippen molar-refractivity contribution in [3.05, 3.63) is 133 Å². The zero-order valence-corrected chi connectivity index (χ0v) is 16.0. The van der Waals surface area contributed by atoms with E-state index in [0.717, 1.165) is 10.9 Å². The predicted octanol–water partition coefficient (Wildman–Crippen LogP) is 5.45. The summed E-state index contributed by atoms with van der Waals surface area (Å²) in [6.45, 7) is 7.04. The van der Waals surface area contributed by atoms with Crippen LogP contribution in [0.25, 0.3) is 5.31 Å². The molecule has 0 saturated carbocycles. The van der Waals surface area contributed by atoms with Gasteiger partial charge in [0.15, 0.2) is 0 Å². The molecular weight excluding hydrogens is 343 g/mol. The van der Waals surface area contributed by atoms with Gasteiger partial charge in [-0.25, -0.2) is 6.58 Å². The second-order valence-corrected chi connectivity index (χ2v) is 9.80. The molecule has 4 aromatic carbocycles. The average Bonchev–Trinajstić information content (AvgIpc) is 2.77.